The number of carbonyl (C=O) groups is 1. The summed E-state index contributed by atoms with van der Waals surface area (Å²) in [6.45, 7) is 4.52. The van der Waals surface area contributed by atoms with Crippen molar-refractivity contribution in [3.05, 3.63) is 47.0 Å². The summed E-state index contributed by atoms with van der Waals surface area (Å²) < 4.78 is 0. The molecule has 144 valence electrons. The number of aliphatic hydroxyl groups excluding tert-OH is 1. The van der Waals surface area contributed by atoms with Gasteiger partial charge in [-0.1, -0.05) is 42.3 Å². The number of hydrogen-bond acceptors (Lipinski definition) is 2. The summed E-state index contributed by atoms with van der Waals surface area (Å²) in [5.41, 5.74) is 4.26. The van der Waals surface area contributed by atoms with Crippen LogP contribution in [-0.2, 0) is 4.79 Å². The van der Waals surface area contributed by atoms with Gasteiger partial charge in [0.25, 0.3) is 0 Å². The third-order valence-corrected chi connectivity index (χ3v) is 8.76. The van der Waals surface area contributed by atoms with E-state index in [2.05, 4.69) is 38.1 Å². The molecular weight excluding hydrogens is 332 g/mol. The number of rotatable bonds is 1. The Kier molecular flexibility index (Phi) is 4.13. The van der Waals surface area contributed by atoms with E-state index in [4.69, 9.17) is 0 Å². The van der Waals surface area contributed by atoms with Crippen LogP contribution in [0, 0.1) is 36.0 Å². The molecule has 0 bridgehead atoms. The average Bonchev–Trinajstić information content (AvgIpc) is 2.96. The Bertz CT molecular complexity index is 776. The Hall–Kier alpha value is -1.41. The molecule has 27 heavy (non-hydrogen) atoms. The fraction of sp³-hybridized carbons (Fsp3) is 0.640. The van der Waals surface area contributed by atoms with Crippen LogP contribution in [0.2, 0.25) is 0 Å². The maximum atomic E-state index is 12.0. The monoisotopic (exact) mass is 364 g/mol. The molecule has 0 heterocycles. The Labute approximate surface area is 163 Å². The largest absolute Gasteiger partial charge is 0.393 e. The van der Waals surface area contributed by atoms with Crippen molar-refractivity contribution < 1.29 is 9.90 Å². The highest BCUT2D eigenvalue weighted by molar-refractivity contribution is 5.91. The Morgan fingerprint density at radius 3 is 2.56 bits per heavy atom. The number of benzene rings is 1. The molecule has 0 radical (unpaired) electrons. The lowest BCUT2D eigenvalue weighted by molar-refractivity contribution is -0.116. The number of hydrogen-bond donors (Lipinski definition) is 1. The van der Waals surface area contributed by atoms with Crippen LogP contribution >= 0.6 is 0 Å². The molecule has 0 amide bonds. The quantitative estimate of drug-likeness (QED) is 0.744. The molecule has 4 aliphatic carbocycles. The van der Waals surface area contributed by atoms with Crippen LogP contribution in [0.5, 0.6) is 0 Å². The van der Waals surface area contributed by atoms with Gasteiger partial charge in [0, 0.05) is 6.42 Å². The molecular formula is C25H32O2. The van der Waals surface area contributed by atoms with E-state index in [1.54, 1.807) is 0 Å². The summed E-state index contributed by atoms with van der Waals surface area (Å²) in [6.07, 6.45) is 9.16. The maximum absolute atomic E-state index is 12.0. The summed E-state index contributed by atoms with van der Waals surface area (Å²) in [4.78, 5) is 12.0. The van der Waals surface area contributed by atoms with E-state index in [0.717, 1.165) is 32.1 Å². The minimum absolute atomic E-state index is 0.0580. The molecule has 1 aromatic carbocycles. The van der Waals surface area contributed by atoms with Gasteiger partial charge in [0.1, 0.15) is 0 Å². The predicted molar refractivity (Wildman–Crippen MR) is 107 cm³/mol. The van der Waals surface area contributed by atoms with Gasteiger partial charge in [-0.25, -0.2) is 0 Å². The standard InChI is InChI=1S/C25H32O2/c1-15-3-5-16(6-4-15)21-14-25(2)22(11-12-23(25)27)20-9-7-17-13-18(26)8-10-19(17)24(20)21/h3-6,13,19-24,27H,7-12,14H2,1-2H3/t19-,20-,21+,22-,23-,24+,25-/m0/s1. The normalized spacial score (nSPS) is 43.5. The van der Waals surface area contributed by atoms with Crippen molar-refractivity contribution in [2.24, 2.45) is 29.1 Å². The fourth-order valence-electron chi connectivity index (χ4n) is 7.44. The zero-order chi connectivity index (χ0) is 18.8. The Morgan fingerprint density at radius 1 is 1.00 bits per heavy atom. The number of fused-ring (bicyclic) bond motifs is 5. The smallest absolute Gasteiger partial charge is 0.155 e. The number of aliphatic hydroxyl groups is 1. The van der Waals surface area contributed by atoms with E-state index in [0.29, 0.717) is 35.4 Å². The molecule has 2 heteroatoms. The van der Waals surface area contributed by atoms with Crippen LogP contribution in [-0.4, -0.2) is 17.0 Å². The number of aryl methyl sites for hydroxylation is 1. The Morgan fingerprint density at radius 2 is 1.78 bits per heavy atom. The van der Waals surface area contributed by atoms with Crippen molar-refractivity contribution in [2.75, 3.05) is 0 Å². The van der Waals surface area contributed by atoms with Crippen molar-refractivity contribution >= 4 is 5.78 Å². The molecule has 5 rings (SSSR count). The first-order valence-corrected chi connectivity index (χ1v) is 11.0. The van der Waals surface area contributed by atoms with Crippen LogP contribution in [0.4, 0.5) is 0 Å². The lowest BCUT2D eigenvalue weighted by Gasteiger charge is -2.57. The van der Waals surface area contributed by atoms with E-state index in [9.17, 15) is 9.90 Å². The minimum atomic E-state index is -0.152. The van der Waals surface area contributed by atoms with Crippen LogP contribution in [0.25, 0.3) is 0 Å². The van der Waals surface area contributed by atoms with Crippen molar-refractivity contribution in [3.8, 4) is 0 Å². The summed E-state index contributed by atoms with van der Waals surface area (Å²) in [5, 5.41) is 10.9. The van der Waals surface area contributed by atoms with Crippen LogP contribution in [0.1, 0.15) is 68.9 Å². The lowest BCUT2D eigenvalue weighted by atomic mass is 9.48. The van der Waals surface area contributed by atoms with Crippen LogP contribution in [0.15, 0.2) is 35.9 Å². The van der Waals surface area contributed by atoms with Crippen molar-refractivity contribution in [2.45, 2.75) is 70.8 Å². The summed E-state index contributed by atoms with van der Waals surface area (Å²) in [6, 6.07) is 9.14. The molecule has 0 aliphatic heterocycles. The first-order valence-electron chi connectivity index (χ1n) is 11.0. The molecule has 7 atom stereocenters. The number of ketones is 1. The second-order valence-electron chi connectivity index (χ2n) is 10.0. The molecule has 3 saturated carbocycles. The molecule has 0 spiro atoms. The second-order valence-corrected chi connectivity index (χ2v) is 10.0. The number of allylic oxidation sites excluding steroid dienone is 1. The van der Waals surface area contributed by atoms with Crippen LogP contribution in [0.3, 0.4) is 0 Å². The average molecular weight is 365 g/mol. The van der Waals surface area contributed by atoms with E-state index in [-0.39, 0.29) is 11.5 Å². The van der Waals surface area contributed by atoms with Gasteiger partial charge in [0.15, 0.2) is 5.78 Å². The second kappa shape index (κ2) is 6.30. The van der Waals surface area contributed by atoms with E-state index < -0.39 is 0 Å². The van der Waals surface area contributed by atoms with Gasteiger partial charge >= 0.3 is 0 Å². The van der Waals surface area contributed by atoms with Crippen molar-refractivity contribution in [3.63, 3.8) is 0 Å². The summed E-state index contributed by atoms with van der Waals surface area (Å²) >= 11 is 0. The molecule has 4 aliphatic rings. The lowest BCUT2D eigenvalue weighted by Crippen LogP contribution is -2.50. The first kappa shape index (κ1) is 17.7. The van der Waals surface area contributed by atoms with Gasteiger partial charge in [-0.2, -0.15) is 0 Å². The predicted octanol–water partition coefficient (Wildman–Crippen LogP) is 5.19. The highest BCUT2D eigenvalue weighted by Gasteiger charge is 2.59. The van der Waals surface area contributed by atoms with Gasteiger partial charge in [-0.05, 0) is 92.1 Å². The van der Waals surface area contributed by atoms with Gasteiger partial charge < -0.3 is 5.11 Å². The highest BCUT2D eigenvalue weighted by Crippen LogP contribution is 2.65. The highest BCUT2D eigenvalue weighted by atomic mass is 16.3. The van der Waals surface area contributed by atoms with E-state index in [1.807, 2.05) is 6.08 Å². The van der Waals surface area contributed by atoms with Gasteiger partial charge in [0.05, 0.1) is 6.10 Å². The summed E-state index contributed by atoms with van der Waals surface area (Å²) in [7, 11) is 0. The molecule has 0 unspecified atom stereocenters. The third kappa shape index (κ3) is 2.67. The molecule has 0 aromatic heterocycles. The van der Waals surface area contributed by atoms with Gasteiger partial charge in [-0.3, -0.25) is 4.79 Å². The van der Waals surface area contributed by atoms with Gasteiger partial charge in [-0.15, -0.1) is 0 Å². The van der Waals surface area contributed by atoms with E-state index >= 15 is 0 Å². The molecule has 3 fully saturated rings. The zero-order valence-corrected chi connectivity index (χ0v) is 16.7. The summed E-state index contributed by atoms with van der Waals surface area (Å²) in [5.74, 6) is 3.41. The van der Waals surface area contributed by atoms with Crippen molar-refractivity contribution in [1.82, 2.24) is 0 Å². The zero-order valence-electron chi connectivity index (χ0n) is 16.7. The Balaban J connectivity index is 1.59. The molecule has 0 saturated heterocycles. The third-order valence-electron chi connectivity index (χ3n) is 8.76. The van der Waals surface area contributed by atoms with E-state index in [1.165, 1.54) is 29.5 Å². The topological polar surface area (TPSA) is 37.3 Å². The molecule has 1 aromatic rings. The fourth-order valence-corrected chi connectivity index (χ4v) is 7.44. The van der Waals surface area contributed by atoms with Crippen molar-refractivity contribution in [1.29, 1.82) is 0 Å². The number of carbonyl (C=O) groups excluding carboxylic acids is 1. The first-order chi connectivity index (χ1) is 13.0. The maximum Gasteiger partial charge on any atom is 0.155 e. The SMILES string of the molecule is Cc1ccc([C@H]2C[C@]3(C)[C@@H](O)CC[C@H]3[C@@H]3CCC4=CC(=O)CC[C@@H]4[C@H]32)cc1. The van der Waals surface area contributed by atoms with Crippen LogP contribution < -0.4 is 0 Å². The van der Waals surface area contributed by atoms with Gasteiger partial charge in [0.2, 0.25) is 0 Å². The minimum Gasteiger partial charge on any atom is -0.393 e. The molecule has 1 N–H and O–H groups in total. The molecule has 2 nitrogen and oxygen atoms in total.